The maximum atomic E-state index is 12.4. The molecule has 9 heteroatoms. The summed E-state index contributed by atoms with van der Waals surface area (Å²) in [5, 5.41) is 19.9. The number of hydrogen-bond donors (Lipinski definition) is 1. The Labute approximate surface area is 141 Å². The summed E-state index contributed by atoms with van der Waals surface area (Å²) < 4.78 is 4.72. The van der Waals surface area contributed by atoms with Crippen LogP contribution in [0.25, 0.3) is 0 Å². The van der Waals surface area contributed by atoms with Crippen LogP contribution < -0.4 is 0 Å². The summed E-state index contributed by atoms with van der Waals surface area (Å²) >= 11 is 1.37. The number of fused-ring (bicyclic) bond motifs is 1. The third-order valence-corrected chi connectivity index (χ3v) is 5.72. The number of nitro benzene ring substituents is 1. The number of carbonyl (C=O) groups is 2. The largest absolute Gasteiger partial charge is 0.459 e. The Hall–Kier alpha value is -2.13. The SMILES string of the molecule is CC1(C)S[C@@H]2[C@H](O)C(=O)N2[C@H]1C(=O)OCc1ccc([N+](=O)[O-])cc1. The zero-order chi connectivity index (χ0) is 17.6. The summed E-state index contributed by atoms with van der Waals surface area (Å²) in [5.41, 5.74) is 0.574. The van der Waals surface area contributed by atoms with Crippen LogP contribution in [0.1, 0.15) is 19.4 Å². The van der Waals surface area contributed by atoms with Gasteiger partial charge in [0.1, 0.15) is 18.0 Å². The molecule has 24 heavy (non-hydrogen) atoms. The van der Waals surface area contributed by atoms with Crippen LogP contribution in [-0.4, -0.2) is 49.1 Å². The zero-order valence-electron chi connectivity index (χ0n) is 13.0. The number of amides is 1. The lowest BCUT2D eigenvalue weighted by atomic mass is 9.97. The Balaban J connectivity index is 1.66. The van der Waals surface area contributed by atoms with Gasteiger partial charge in [-0.1, -0.05) is 0 Å². The molecule has 3 atom stereocenters. The Morgan fingerprint density at radius 3 is 2.62 bits per heavy atom. The van der Waals surface area contributed by atoms with Crippen molar-refractivity contribution in [2.24, 2.45) is 0 Å². The first-order valence-electron chi connectivity index (χ1n) is 7.30. The van der Waals surface area contributed by atoms with E-state index < -0.39 is 39.1 Å². The average Bonchev–Trinajstić information content (AvgIpc) is 2.81. The first-order chi connectivity index (χ1) is 11.2. The summed E-state index contributed by atoms with van der Waals surface area (Å²) in [6.07, 6.45) is -1.07. The number of benzene rings is 1. The lowest BCUT2D eigenvalue weighted by Gasteiger charge is -2.41. The minimum Gasteiger partial charge on any atom is -0.459 e. The molecule has 128 valence electrons. The molecule has 2 fully saturated rings. The van der Waals surface area contributed by atoms with Gasteiger partial charge in [-0.2, -0.15) is 0 Å². The lowest BCUT2D eigenvalue weighted by molar-refractivity contribution is -0.384. The number of thioether (sulfide) groups is 1. The van der Waals surface area contributed by atoms with Crippen LogP contribution in [0.2, 0.25) is 0 Å². The molecule has 0 aliphatic carbocycles. The van der Waals surface area contributed by atoms with Crippen LogP contribution in [0.15, 0.2) is 24.3 Å². The molecule has 1 aromatic rings. The van der Waals surface area contributed by atoms with E-state index in [9.17, 15) is 24.8 Å². The van der Waals surface area contributed by atoms with E-state index in [1.54, 1.807) is 0 Å². The Morgan fingerprint density at radius 1 is 1.42 bits per heavy atom. The molecule has 0 unspecified atom stereocenters. The molecule has 0 spiro atoms. The molecule has 0 aromatic heterocycles. The molecular formula is C15H16N2O6S. The minimum atomic E-state index is -1.07. The van der Waals surface area contributed by atoms with Gasteiger partial charge in [0.15, 0.2) is 6.10 Å². The summed E-state index contributed by atoms with van der Waals surface area (Å²) in [6, 6.07) is 4.94. The van der Waals surface area contributed by atoms with E-state index in [4.69, 9.17) is 4.74 Å². The van der Waals surface area contributed by atoms with E-state index >= 15 is 0 Å². The number of ether oxygens (including phenoxy) is 1. The predicted molar refractivity (Wildman–Crippen MR) is 85.0 cm³/mol. The molecule has 0 bridgehead atoms. The topological polar surface area (TPSA) is 110 Å². The smallest absolute Gasteiger partial charge is 0.330 e. The van der Waals surface area contributed by atoms with Crippen molar-refractivity contribution in [3.63, 3.8) is 0 Å². The van der Waals surface area contributed by atoms with Gasteiger partial charge in [-0.25, -0.2) is 4.79 Å². The third-order valence-electron chi connectivity index (χ3n) is 4.16. The molecule has 0 saturated carbocycles. The number of non-ortho nitro benzene ring substituents is 1. The average molecular weight is 352 g/mol. The number of nitro groups is 1. The number of esters is 1. The number of hydrogen-bond acceptors (Lipinski definition) is 7. The highest BCUT2D eigenvalue weighted by Crippen LogP contribution is 2.51. The summed E-state index contributed by atoms with van der Waals surface area (Å²) in [6.45, 7) is 3.62. The van der Waals surface area contributed by atoms with Gasteiger partial charge in [0, 0.05) is 16.9 Å². The van der Waals surface area contributed by atoms with Gasteiger partial charge in [0.25, 0.3) is 11.6 Å². The van der Waals surface area contributed by atoms with Gasteiger partial charge in [-0.3, -0.25) is 14.9 Å². The fourth-order valence-corrected chi connectivity index (χ4v) is 4.47. The van der Waals surface area contributed by atoms with Crippen molar-refractivity contribution >= 4 is 29.3 Å². The van der Waals surface area contributed by atoms with Crippen molar-refractivity contribution in [2.45, 2.75) is 42.7 Å². The van der Waals surface area contributed by atoms with Crippen LogP contribution in [0, 0.1) is 10.1 Å². The van der Waals surface area contributed by atoms with E-state index in [0.717, 1.165) is 0 Å². The summed E-state index contributed by atoms with van der Waals surface area (Å²) in [5.74, 6) is -1.01. The van der Waals surface area contributed by atoms with E-state index in [1.165, 1.54) is 40.9 Å². The van der Waals surface area contributed by atoms with Crippen molar-refractivity contribution in [3.05, 3.63) is 39.9 Å². The van der Waals surface area contributed by atoms with Gasteiger partial charge >= 0.3 is 5.97 Å². The molecule has 1 N–H and O–H groups in total. The summed E-state index contributed by atoms with van der Waals surface area (Å²) in [4.78, 5) is 35.7. The fraction of sp³-hybridized carbons (Fsp3) is 0.467. The second-order valence-corrected chi connectivity index (χ2v) is 8.01. The highest BCUT2D eigenvalue weighted by Gasteiger charge is 2.63. The van der Waals surface area contributed by atoms with Crippen LogP contribution in [0.5, 0.6) is 0 Å². The Bertz CT molecular complexity index is 704. The molecule has 3 rings (SSSR count). The standard InChI is InChI=1S/C15H16N2O6S/c1-15(2)11(16-12(19)10(18)13(16)24-15)14(20)23-7-8-3-5-9(6-4-8)17(21)22/h3-6,10-11,13,18H,7H2,1-2H3/t10-,11+,13-/m1/s1. The van der Waals surface area contributed by atoms with Crippen LogP contribution >= 0.6 is 11.8 Å². The van der Waals surface area contributed by atoms with E-state index in [2.05, 4.69) is 0 Å². The second-order valence-electron chi connectivity index (χ2n) is 6.24. The van der Waals surface area contributed by atoms with Crippen molar-refractivity contribution < 1.29 is 24.4 Å². The maximum Gasteiger partial charge on any atom is 0.330 e. The zero-order valence-corrected chi connectivity index (χ0v) is 13.9. The molecular weight excluding hydrogens is 336 g/mol. The molecule has 1 amide bonds. The number of aliphatic hydroxyl groups excluding tert-OH is 1. The molecule has 8 nitrogen and oxygen atoms in total. The van der Waals surface area contributed by atoms with Gasteiger partial charge in [-0.05, 0) is 31.5 Å². The number of aliphatic hydroxyl groups is 1. The Morgan fingerprint density at radius 2 is 2.04 bits per heavy atom. The molecule has 0 radical (unpaired) electrons. The highest BCUT2D eigenvalue weighted by molar-refractivity contribution is 8.01. The van der Waals surface area contributed by atoms with Crippen molar-refractivity contribution in [2.75, 3.05) is 0 Å². The molecule has 2 heterocycles. The van der Waals surface area contributed by atoms with E-state index in [-0.39, 0.29) is 12.3 Å². The summed E-state index contributed by atoms with van der Waals surface area (Å²) in [7, 11) is 0. The monoisotopic (exact) mass is 352 g/mol. The number of rotatable bonds is 4. The highest BCUT2D eigenvalue weighted by atomic mass is 32.2. The van der Waals surface area contributed by atoms with Gasteiger partial charge in [-0.15, -0.1) is 11.8 Å². The van der Waals surface area contributed by atoms with Crippen molar-refractivity contribution in [3.8, 4) is 0 Å². The van der Waals surface area contributed by atoms with Crippen LogP contribution in [0.4, 0.5) is 5.69 Å². The van der Waals surface area contributed by atoms with E-state index in [0.29, 0.717) is 5.56 Å². The van der Waals surface area contributed by atoms with Crippen molar-refractivity contribution in [1.29, 1.82) is 0 Å². The Kier molecular flexibility index (Phi) is 4.00. The molecule has 2 aliphatic heterocycles. The first kappa shape index (κ1) is 16.7. The number of carbonyl (C=O) groups excluding carboxylic acids is 2. The second kappa shape index (κ2) is 5.75. The van der Waals surface area contributed by atoms with Crippen LogP contribution in [-0.2, 0) is 20.9 Å². The number of β-lactam (4-membered cyclic amide) rings is 1. The normalized spacial score (nSPS) is 27.4. The quantitative estimate of drug-likeness (QED) is 0.373. The van der Waals surface area contributed by atoms with Gasteiger partial charge in [0.05, 0.1) is 4.92 Å². The molecule has 2 saturated heterocycles. The van der Waals surface area contributed by atoms with Crippen LogP contribution in [0.3, 0.4) is 0 Å². The van der Waals surface area contributed by atoms with E-state index in [1.807, 2.05) is 13.8 Å². The van der Waals surface area contributed by atoms with Crippen molar-refractivity contribution in [1.82, 2.24) is 4.90 Å². The first-order valence-corrected chi connectivity index (χ1v) is 8.18. The molecule has 2 aliphatic rings. The molecule has 1 aromatic carbocycles. The van der Waals surface area contributed by atoms with Gasteiger partial charge < -0.3 is 14.7 Å². The lowest BCUT2D eigenvalue weighted by Crippen LogP contribution is -2.65. The predicted octanol–water partition coefficient (Wildman–Crippen LogP) is 1.06. The number of nitrogens with zero attached hydrogens (tertiary/aromatic N) is 2. The minimum absolute atomic E-state index is 0.0384. The maximum absolute atomic E-state index is 12.4. The third kappa shape index (κ3) is 2.63. The fourth-order valence-electron chi connectivity index (χ4n) is 2.92. The van der Waals surface area contributed by atoms with Gasteiger partial charge in [0.2, 0.25) is 0 Å².